The quantitative estimate of drug-likeness (QED) is 0.371. The molecule has 58 valence electrons. The molecule has 0 aliphatic heterocycles. The lowest BCUT2D eigenvalue weighted by molar-refractivity contribution is -0.173. The van der Waals surface area contributed by atoms with Crippen LogP contribution in [-0.4, -0.2) is 38.1 Å². The molecular formula is C5H10N2O3. The smallest absolute Gasteiger partial charge is 0.335 e. The highest BCUT2D eigenvalue weighted by atomic mass is 16.7. The van der Waals surface area contributed by atoms with Crippen LogP contribution >= 0.6 is 0 Å². The van der Waals surface area contributed by atoms with Crippen LogP contribution in [0.3, 0.4) is 0 Å². The molecule has 0 aromatic carbocycles. The minimum atomic E-state index is -0.718. The predicted octanol–water partition coefficient (Wildman–Crippen LogP) is -1.25. The van der Waals surface area contributed by atoms with E-state index in [0.29, 0.717) is 0 Å². The van der Waals surface area contributed by atoms with E-state index < -0.39 is 11.8 Å². The molecule has 0 saturated heterocycles. The molecule has 0 atom stereocenters. The molecule has 0 fully saturated rings. The Morgan fingerprint density at radius 1 is 1.50 bits per heavy atom. The van der Waals surface area contributed by atoms with Gasteiger partial charge in [0, 0.05) is 14.1 Å². The van der Waals surface area contributed by atoms with Crippen LogP contribution in [0.25, 0.3) is 0 Å². The van der Waals surface area contributed by atoms with Crippen molar-refractivity contribution in [1.29, 1.82) is 0 Å². The Bertz CT molecular complexity index is 146. The number of hydroxylamine groups is 2. The van der Waals surface area contributed by atoms with E-state index in [2.05, 4.69) is 10.2 Å². The molecule has 5 heteroatoms. The molecule has 0 bridgehead atoms. The van der Waals surface area contributed by atoms with E-state index in [0.717, 1.165) is 5.06 Å². The van der Waals surface area contributed by atoms with Gasteiger partial charge >= 0.3 is 11.8 Å². The number of nitrogens with one attached hydrogen (secondary N) is 1. The van der Waals surface area contributed by atoms with Gasteiger partial charge in [-0.2, -0.15) is 0 Å². The predicted molar refractivity (Wildman–Crippen MR) is 33.8 cm³/mol. The van der Waals surface area contributed by atoms with Crippen molar-refractivity contribution in [3.05, 3.63) is 0 Å². The fourth-order valence-electron chi connectivity index (χ4n) is 0.333. The molecule has 10 heavy (non-hydrogen) atoms. The SMILES string of the molecule is CNC(=O)C(=O)N(C)OC. The lowest BCUT2D eigenvalue weighted by Gasteiger charge is -2.11. The van der Waals surface area contributed by atoms with Gasteiger partial charge in [-0.05, 0) is 0 Å². The maximum atomic E-state index is 10.7. The molecule has 5 nitrogen and oxygen atoms in total. The minimum absolute atomic E-state index is 0.690. The van der Waals surface area contributed by atoms with E-state index in [9.17, 15) is 9.59 Å². The summed E-state index contributed by atoms with van der Waals surface area (Å²) in [5, 5.41) is 3.02. The standard InChI is InChI=1S/C5H10N2O3/c1-6-4(8)5(9)7(2)10-3/h1-3H3,(H,6,8). The van der Waals surface area contributed by atoms with Crippen molar-refractivity contribution in [2.75, 3.05) is 21.2 Å². The first-order valence-electron chi connectivity index (χ1n) is 2.67. The zero-order valence-electron chi connectivity index (χ0n) is 6.17. The van der Waals surface area contributed by atoms with Gasteiger partial charge in [0.2, 0.25) is 0 Å². The van der Waals surface area contributed by atoms with Gasteiger partial charge in [-0.15, -0.1) is 0 Å². The third kappa shape index (κ3) is 2.02. The van der Waals surface area contributed by atoms with Crippen molar-refractivity contribution >= 4 is 11.8 Å². The molecule has 1 N–H and O–H groups in total. The fraction of sp³-hybridized carbons (Fsp3) is 0.600. The van der Waals surface area contributed by atoms with Crippen LogP contribution in [0.5, 0.6) is 0 Å². The summed E-state index contributed by atoms with van der Waals surface area (Å²) >= 11 is 0. The van der Waals surface area contributed by atoms with Crippen LogP contribution in [0.15, 0.2) is 0 Å². The van der Waals surface area contributed by atoms with E-state index in [4.69, 9.17) is 0 Å². The average Bonchev–Trinajstić information content (AvgIpc) is 2.00. The average molecular weight is 146 g/mol. The Balaban J connectivity index is 3.95. The highest BCUT2D eigenvalue weighted by Crippen LogP contribution is 1.82. The van der Waals surface area contributed by atoms with Gasteiger partial charge in [0.1, 0.15) is 0 Å². The first kappa shape index (κ1) is 8.90. The number of carbonyl (C=O) groups is 2. The first-order valence-corrected chi connectivity index (χ1v) is 2.67. The number of likely N-dealkylation sites (N-methyl/N-ethyl adjacent to an activating group) is 2. The molecule has 2 amide bonds. The number of amides is 2. The maximum absolute atomic E-state index is 10.7. The van der Waals surface area contributed by atoms with Crippen LogP contribution < -0.4 is 5.32 Å². The Kier molecular flexibility index (Phi) is 3.42. The highest BCUT2D eigenvalue weighted by molar-refractivity contribution is 6.34. The molecule has 0 spiro atoms. The van der Waals surface area contributed by atoms with Crippen molar-refractivity contribution < 1.29 is 14.4 Å². The van der Waals surface area contributed by atoms with Gasteiger partial charge in [0.05, 0.1) is 7.11 Å². The summed E-state index contributed by atoms with van der Waals surface area (Å²) in [5.74, 6) is -1.41. The second kappa shape index (κ2) is 3.84. The molecule has 0 saturated carbocycles. The lowest BCUT2D eigenvalue weighted by Crippen LogP contribution is -2.38. The third-order valence-electron chi connectivity index (χ3n) is 0.981. The Morgan fingerprint density at radius 3 is 2.30 bits per heavy atom. The number of carbonyl (C=O) groups excluding carboxylic acids is 2. The van der Waals surface area contributed by atoms with Crippen molar-refractivity contribution in [3.8, 4) is 0 Å². The van der Waals surface area contributed by atoms with Gasteiger partial charge in [-0.25, -0.2) is 5.06 Å². The first-order chi connectivity index (χ1) is 4.63. The van der Waals surface area contributed by atoms with E-state index >= 15 is 0 Å². The van der Waals surface area contributed by atoms with Crippen LogP contribution in [0.2, 0.25) is 0 Å². The number of rotatable bonds is 1. The summed E-state index contributed by atoms with van der Waals surface area (Å²) < 4.78 is 0. The Morgan fingerprint density at radius 2 is 2.00 bits per heavy atom. The fourth-order valence-corrected chi connectivity index (χ4v) is 0.333. The molecule has 0 radical (unpaired) electrons. The number of hydrogen-bond acceptors (Lipinski definition) is 3. The number of nitrogens with zero attached hydrogens (tertiary/aromatic N) is 1. The van der Waals surface area contributed by atoms with Crippen molar-refractivity contribution in [2.24, 2.45) is 0 Å². The van der Waals surface area contributed by atoms with Gasteiger partial charge < -0.3 is 5.32 Å². The van der Waals surface area contributed by atoms with Crippen LogP contribution in [-0.2, 0) is 14.4 Å². The monoisotopic (exact) mass is 146 g/mol. The summed E-state index contributed by atoms with van der Waals surface area (Å²) in [6, 6.07) is 0. The zero-order chi connectivity index (χ0) is 8.15. The lowest BCUT2D eigenvalue weighted by atomic mass is 10.5. The minimum Gasteiger partial charge on any atom is -0.351 e. The molecule has 0 rings (SSSR count). The molecule has 0 aliphatic carbocycles. The van der Waals surface area contributed by atoms with Crippen molar-refractivity contribution in [3.63, 3.8) is 0 Å². The van der Waals surface area contributed by atoms with E-state index in [1.165, 1.54) is 21.2 Å². The van der Waals surface area contributed by atoms with Crippen LogP contribution in [0, 0.1) is 0 Å². The Labute approximate surface area is 58.9 Å². The molecule has 0 heterocycles. The molecule has 0 aromatic rings. The highest BCUT2D eigenvalue weighted by Gasteiger charge is 2.15. The Hall–Kier alpha value is -1.10. The summed E-state index contributed by atoms with van der Waals surface area (Å²) in [6.45, 7) is 0. The molecule has 0 aromatic heterocycles. The van der Waals surface area contributed by atoms with Crippen molar-refractivity contribution in [2.45, 2.75) is 0 Å². The number of hydrogen-bond donors (Lipinski definition) is 1. The van der Waals surface area contributed by atoms with Gasteiger partial charge in [-0.1, -0.05) is 0 Å². The van der Waals surface area contributed by atoms with Gasteiger partial charge in [0.25, 0.3) is 0 Å². The van der Waals surface area contributed by atoms with Gasteiger partial charge in [-0.3, -0.25) is 14.4 Å². The third-order valence-corrected chi connectivity index (χ3v) is 0.981. The summed E-state index contributed by atoms with van der Waals surface area (Å²) in [6.07, 6.45) is 0. The normalized spacial score (nSPS) is 8.70. The molecular weight excluding hydrogens is 136 g/mol. The van der Waals surface area contributed by atoms with Crippen LogP contribution in [0.4, 0.5) is 0 Å². The largest absolute Gasteiger partial charge is 0.351 e. The van der Waals surface area contributed by atoms with E-state index in [1.54, 1.807) is 0 Å². The molecule has 0 aliphatic rings. The van der Waals surface area contributed by atoms with Gasteiger partial charge in [0.15, 0.2) is 0 Å². The topological polar surface area (TPSA) is 58.6 Å². The summed E-state index contributed by atoms with van der Waals surface area (Å²) in [5.41, 5.74) is 0. The maximum Gasteiger partial charge on any atom is 0.335 e. The van der Waals surface area contributed by atoms with E-state index in [1.807, 2.05) is 0 Å². The summed E-state index contributed by atoms with van der Waals surface area (Å²) in [4.78, 5) is 25.7. The second-order valence-corrected chi connectivity index (χ2v) is 1.56. The van der Waals surface area contributed by atoms with Crippen LogP contribution in [0.1, 0.15) is 0 Å². The van der Waals surface area contributed by atoms with E-state index in [-0.39, 0.29) is 0 Å². The second-order valence-electron chi connectivity index (χ2n) is 1.56. The zero-order valence-corrected chi connectivity index (χ0v) is 6.17. The molecule has 0 unspecified atom stereocenters. The summed E-state index contributed by atoms with van der Waals surface area (Å²) in [7, 11) is 4.04. The van der Waals surface area contributed by atoms with Crippen molar-refractivity contribution in [1.82, 2.24) is 10.4 Å².